The molecule has 0 radical (unpaired) electrons. The van der Waals surface area contributed by atoms with Crippen molar-refractivity contribution >= 4 is 22.8 Å². The van der Waals surface area contributed by atoms with Gasteiger partial charge in [-0.1, -0.05) is 78.9 Å². The average Bonchev–Trinajstić information content (AvgIpc) is 2.75. The number of hydrogen-bond acceptors (Lipinski definition) is 2. The van der Waals surface area contributed by atoms with E-state index in [9.17, 15) is 4.79 Å². The third-order valence-electron chi connectivity index (χ3n) is 5.35. The van der Waals surface area contributed by atoms with Crippen molar-refractivity contribution in [1.29, 1.82) is 0 Å². The van der Waals surface area contributed by atoms with Gasteiger partial charge in [-0.15, -0.1) is 0 Å². The maximum absolute atomic E-state index is 13.2. The molecule has 0 unspecified atom stereocenters. The van der Waals surface area contributed by atoms with E-state index >= 15 is 0 Å². The lowest BCUT2D eigenvalue weighted by Crippen LogP contribution is -2.31. The first kappa shape index (κ1) is 18.1. The van der Waals surface area contributed by atoms with E-state index in [0.717, 1.165) is 29.0 Å². The Morgan fingerprint density at radius 2 is 1.39 bits per heavy atom. The number of ketones is 1. The number of rotatable bonds is 4. The van der Waals surface area contributed by atoms with Crippen molar-refractivity contribution in [2.45, 2.75) is 19.3 Å². The Kier molecular flexibility index (Phi) is 5.29. The van der Waals surface area contributed by atoms with E-state index in [1.54, 1.807) is 0 Å². The van der Waals surface area contributed by atoms with Crippen molar-refractivity contribution in [3.05, 3.63) is 108 Å². The second-order valence-corrected chi connectivity index (χ2v) is 7.23. The molecule has 0 spiro atoms. The van der Waals surface area contributed by atoms with E-state index < -0.39 is 0 Å². The van der Waals surface area contributed by atoms with Gasteiger partial charge in [0.05, 0.1) is 11.6 Å². The molecule has 4 rings (SSSR count). The lowest BCUT2D eigenvalue weighted by molar-refractivity contribution is -0.117. The van der Waals surface area contributed by atoms with Crippen LogP contribution in [0.25, 0.3) is 5.57 Å². The summed E-state index contributed by atoms with van der Waals surface area (Å²) in [7, 11) is 0. The van der Waals surface area contributed by atoms with Gasteiger partial charge >= 0.3 is 0 Å². The molecule has 0 aliphatic heterocycles. The molecule has 2 heteroatoms. The van der Waals surface area contributed by atoms with Crippen molar-refractivity contribution < 1.29 is 4.79 Å². The van der Waals surface area contributed by atoms with E-state index in [-0.39, 0.29) is 17.6 Å². The molecule has 0 fully saturated rings. The molecule has 0 saturated carbocycles. The quantitative estimate of drug-likeness (QED) is 0.504. The van der Waals surface area contributed by atoms with Crippen LogP contribution in [-0.2, 0) is 4.79 Å². The molecule has 2 atom stereocenters. The number of allylic oxidation sites excluding steroid dienone is 2. The number of aliphatic imine (C=N–C) groups is 1. The lowest BCUT2D eigenvalue weighted by atomic mass is 9.72. The van der Waals surface area contributed by atoms with Crippen LogP contribution in [0.4, 0.5) is 5.69 Å². The Morgan fingerprint density at radius 1 is 0.821 bits per heavy atom. The molecule has 0 saturated heterocycles. The molecule has 0 N–H and O–H groups in total. The average molecular weight is 365 g/mol. The van der Waals surface area contributed by atoms with Gasteiger partial charge < -0.3 is 0 Å². The van der Waals surface area contributed by atoms with Gasteiger partial charge in [0.15, 0.2) is 5.78 Å². The summed E-state index contributed by atoms with van der Waals surface area (Å²) < 4.78 is 0. The first-order valence-corrected chi connectivity index (χ1v) is 9.67. The fraction of sp³-hybridized carbons (Fsp3) is 0.154. The zero-order valence-electron chi connectivity index (χ0n) is 16.0. The largest absolute Gasteiger partial charge is 0.294 e. The van der Waals surface area contributed by atoms with E-state index in [2.05, 4.69) is 24.3 Å². The highest BCUT2D eigenvalue weighted by Crippen LogP contribution is 2.40. The molecule has 3 aromatic rings. The standard InChI is InChI=1S/C26H23NO/c1-19(27-23-15-9-4-10-16-23)26-24(21-13-7-3-8-14-21)17-22(18-25(26)28)20-11-5-2-6-12-20/h2-16,18,24,26H,17H2,1H3/t24-,26-/m0/s1. The number of carbonyl (C=O) groups excluding carboxylic acids is 1. The van der Waals surface area contributed by atoms with Gasteiger partial charge in [-0.25, -0.2) is 0 Å². The van der Waals surface area contributed by atoms with E-state index in [4.69, 9.17) is 4.99 Å². The Bertz CT molecular complexity index is 1000. The number of nitrogens with zero attached hydrogens (tertiary/aromatic N) is 1. The fourth-order valence-electron chi connectivity index (χ4n) is 4.01. The molecule has 0 aromatic heterocycles. The molecule has 1 aliphatic carbocycles. The molecule has 0 amide bonds. The Morgan fingerprint density at radius 3 is 2.04 bits per heavy atom. The summed E-state index contributed by atoms with van der Waals surface area (Å²) >= 11 is 0. The number of carbonyl (C=O) groups is 1. The fourth-order valence-corrected chi connectivity index (χ4v) is 4.01. The summed E-state index contributed by atoms with van der Waals surface area (Å²) in [6.45, 7) is 1.98. The zero-order chi connectivity index (χ0) is 19.3. The highest BCUT2D eigenvalue weighted by atomic mass is 16.1. The Labute approximate surface area is 166 Å². The van der Waals surface area contributed by atoms with E-state index in [1.165, 1.54) is 5.56 Å². The predicted octanol–water partition coefficient (Wildman–Crippen LogP) is 6.24. The first-order chi connectivity index (χ1) is 13.7. The Balaban J connectivity index is 1.76. The number of para-hydroxylation sites is 1. The minimum Gasteiger partial charge on any atom is -0.294 e. The van der Waals surface area contributed by atoms with E-state index in [1.807, 2.05) is 79.7 Å². The van der Waals surface area contributed by atoms with Crippen LogP contribution in [0.3, 0.4) is 0 Å². The molecule has 0 heterocycles. The highest BCUT2D eigenvalue weighted by molar-refractivity contribution is 6.14. The lowest BCUT2D eigenvalue weighted by Gasteiger charge is -2.31. The normalized spacial score (nSPS) is 20.0. The van der Waals surface area contributed by atoms with Crippen LogP contribution in [0.2, 0.25) is 0 Å². The first-order valence-electron chi connectivity index (χ1n) is 9.67. The van der Waals surface area contributed by atoms with Gasteiger partial charge in [0, 0.05) is 11.6 Å². The van der Waals surface area contributed by atoms with Crippen molar-refractivity contribution in [1.82, 2.24) is 0 Å². The van der Waals surface area contributed by atoms with Crippen LogP contribution >= 0.6 is 0 Å². The van der Waals surface area contributed by atoms with Crippen LogP contribution < -0.4 is 0 Å². The SMILES string of the molecule is CC(=Nc1ccccc1)[C@@H]1C(=O)C=C(c2ccccc2)C[C@H]1c1ccccc1. The number of benzene rings is 3. The van der Waals surface area contributed by atoms with Gasteiger partial charge in [0.25, 0.3) is 0 Å². The third-order valence-corrected chi connectivity index (χ3v) is 5.35. The predicted molar refractivity (Wildman–Crippen MR) is 116 cm³/mol. The summed E-state index contributed by atoms with van der Waals surface area (Å²) in [6, 6.07) is 30.4. The monoisotopic (exact) mass is 365 g/mol. The molecule has 138 valence electrons. The van der Waals surface area contributed by atoms with Crippen molar-refractivity contribution in [3.63, 3.8) is 0 Å². The van der Waals surface area contributed by atoms with Crippen LogP contribution in [0.1, 0.15) is 30.4 Å². The molecule has 28 heavy (non-hydrogen) atoms. The summed E-state index contributed by atoms with van der Waals surface area (Å²) in [5.74, 6) is -0.0208. The van der Waals surface area contributed by atoms with Gasteiger partial charge in [0.1, 0.15) is 0 Å². The minimum atomic E-state index is -0.241. The summed E-state index contributed by atoms with van der Waals surface area (Å²) in [6.07, 6.45) is 2.65. The molecule has 0 bridgehead atoms. The van der Waals surface area contributed by atoms with Gasteiger partial charge in [0.2, 0.25) is 0 Å². The summed E-state index contributed by atoms with van der Waals surface area (Å²) in [5, 5.41) is 0. The third kappa shape index (κ3) is 3.86. The molecule has 2 nitrogen and oxygen atoms in total. The molecule has 1 aliphatic rings. The van der Waals surface area contributed by atoms with Crippen molar-refractivity contribution in [2.75, 3.05) is 0 Å². The zero-order valence-corrected chi connectivity index (χ0v) is 16.0. The molecule has 3 aromatic carbocycles. The maximum atomic E-state index is 13.2. The molecular weight excluding hydrogens is 342 g/mol. The second kappa shape index (κ2) is 8.18. The van der Waals surface area contributed by atoms with Gasteiger partial charge in [-0.05, 0) is 48.3 Å². The van der Waals surface area contributed by atoms with Gasteiger partial charge in [-0.2, -0.15) is 0 Å². The maximum Gasteiger partial charge on any atom is 0.165 e. The minimum absolute atomic E-state index is 0.0846. The number of hydrogen-bond donors (Lipinski definition) is 0. The van der Waals surface area contributed by atoms with Crippen LogP contribution in [-0.4, -0.2) is 11.5 Å². The van der Waals surface area contributed by atoms with Gasteiger partial charge in [-0.3, -0.25) is 9.79 Å². The highest BCUT2D eigenvalue weighted by Gasteiger charge is 2.35. The topological polar surface area (TPSA) is 29.4 Å². The summed E-state index contributed by atoms with van der Waals surface area (Å²) in [5.41, 5.74) is 5.16. The van der Waals surface area contributed by atoms with E-state index in [0.29, 0.717) is 0 Å². The Hall–Kier alpha value is -3.26. The smallest absolute Gasteiger partial charge is 0.165 e. The summed E-state index contributed by atoms with van der Waals surface area (Å²) in [4.78, 5) is 18.0. The van der Waals surface area contributed by atoms with Crippen LogP contribution in [0.5, 0.6) is 0 Å². The van der Waals surface area contributed by atoms with Crippen LogP contribution in [0.15, 0.2) is 102 Å². The van der Waals surface area contributed by atoms with Crippen molar-refractivity contribution in [2.24, 2.45) is 10.9 Å². The second-order valence-electron chi connectivity index (χ2n) is 7.23. The molecular formula is C26H23NO. The van der Waals surface area contributed by atoms with Crippen molar-refractivity contribution in [3.8, 4) is 0 Å². The van der Waals surface area contributed by atoms with Crippen LogP contribution in [0, 0.1) is 5.92 Å².